The Morgan fingerprint density at radius 1 is 0.654 bits per heavy atom. The van der Waals surface area contributed by atoms with Crippen LogP contribution >= 0.6 is 22.7 Å². The number of aromatic nitrogens is 2. The van der Waals surface area contributed by atoms with Gasteiger partial charge in [0.05, 0.1) is 9.75 Å². The first kappa shape index (κ1) is 15.5. The van der Waals surface area contributed by atoms with Gasteiger partial charge in [-0.2, -0.15) is 0 Å². The molecule has 26 heavy (non-hydrogen) atoms. The molecule has 0 atom stereocenters. The van der Waals surface area contributed by atoms with E-state index in [-0.39, 0.29) is 17.4 Å². The number of halogens is 2. The van der Waals surface area contributed by atoms with Crippen LogP contribution in [0.15, 0.2) is 48.5 Å². The number of hydrogen-bond acceptors (Lipinski definition) is 5. The van der Waals surface area contributed by atoms with Crippen LogP contribution in [0, 0.1) is 11.6 Å². The number of ketones is 1. The van der Waals surface area contributed by atoms with Gasteiger partial charge in [0.1, 0.15) is 33.0 Å². The summed E-state index contributed by atoms with van der Waals surface area (Å²) in [7, 11) is 0. The maximum atomic E-state index is 13.1. The highest BCUT2D eigenvalue weighted by atomic mass is 32.1. The Morgan fingerprint density at radius 2 is 1.04 bits per heavy atom. The Labute approximate surface area is 154 Å². The van der Waals surface area contributed by atoms with Crippen molar-refractivity contribution in [2.24, 2.45) is 0 Å². The summed E-state index contributed by atoms with van der Waals surface area (Å²) in [6.07, 6.45) is 0. The molecule has 0 radical (unpaired) electrons. The molecule has 3 nitrogen and oxygen atoms in total. The molecule has 0 bridgehead atoms. The van der Waals surface area contributed by atoms with E-state index in [0.29, 0.717) is 21.4 Å². The van der Waals surface area contributed by atoms with Gasteiger partial charge >= 0.3 is 0 Å². The van der Waals surface area contributed by atoms with Gasteiger partial charge in [0.2, 0.25) is 5.78 Å². The third kappa shape index (κ3) is 2.32. The summed E-state index contributed by atoms with van der Waals surface area (Å²) in [6, 6.07) is 12.1. The highest BCUT2D eigenvalue weighted by Gasteiger charge is 2.35. The first-order chi connectivity index (χ1) is 12.6. The minimum absolute atomic E-state index is 0.204. The van der Waals surface area contributed by atoms with Crippen LogP contribution in [-0.4, -0.2) is 15.8 Å². The number of carbonyl (C=O) groups excluding carboxylic acids is 1. The Kier molecular flexibility index (Phi) is 3.35. The minimum atomic E-state index is -0.317. The molecule has 2 heterocycles. The average Bonchev–Trinajstić information content (AvgIpc) is 3.31. The maximum Gasteiger partial charge on any atom is 0.232 e. The highest BCUT2D eigenvalue weighted by Crippen LogP contribution is 2.47. The van der Waals surface area contributed by atoms with Crippen molar-refractivity contribution in [3.8, 4) is 30.9 Å². The van der Waals surface area contributed by atoms with E-state index in [2.05, 4.69) is 9.97 Å². The molecule has 0 fully saturated rings. The van der Waals surface area contributed by atoms with Crippen LogP contribution in [0.5, 0.6) is 0 Å². The number of nitrogens with zero attached hydrogens (tertiary/aromatic N) is 2. The molecule has 0 N–H and O–H groups in total. The van der Waals surface area contributed by atoms with Crippen molar-refractivity contribution in [1.29, 1.82) is 0 Å². The normalized spacial score (nSPS) is 12.3. The molecule has 0 unspecified atom stereocenters. The lowest BCUT2D eigenvalue weighted by Gasteiger charge is -1.95. The first-order valence-corrected chi connectivity index (χ1v) is 9.32. The van der Waals surface area contributed by atoms with Crippen LogP contribution in [0.1, 0.15) is 16.2 Å². The van der Waals surface area contributed by atoms with E-state index in [1.165, 1.54) is 46.9 Å². The Morgan fingerprint density at radius 3 is 1.42 bits per heavy atom. The molecule has 1 aliphatic rings. The molecule has 2 aromatic heterocycles. The summed E-state index contributed by atoms with van der Waals surface area (Å²) < 4.78 is 26.2. The van der Waals surface area contributed by atoms with Gasteiger partial charge in [-0.25, -0.2) is 18.7 Å². The Hall–Kier alpha value is -2.77. The summed E-state index contributed by atoms with van der Waals surface area (Å²) in [5.74, 6) is -0.838. The predicted octanol–water partition coefficient (Wildman–Crippen LogP) is 5.42. The Bertz CT molecular complexity index is 1070. The SMILES string of the molecule is O=C1c2nc(-c3ccc(F)cc3)sc2-c2sc(-c3ccc(F)cc3)nc21. The molecule has 0 saturated carbocycles. The van der Waals surface area contributed by atoms with Gasteiger partial charge in [0.15, 0.2) is 0 Å². The van der Waals surface area contributed by atoms with E-state index in [4.69, 9.17) is 0 Å². The second-order valence-electron chi connectivity index (χ2n) is 5.74. The number of carbonyl (C=O) groups is 1. The average molecular weight is 382 g/mol. The van der Waals surface area contributed by atoms with Gasteiger partial charge in [-0.3, -0.25) is 4.79 Å². The number of fused-ring (bicyclic) bond motifs is 3. The largest absolute Gasteiger partial charge is 0.285 e. The van der Waals surface area contributed by atoms with Crippen molar-refractivity contribution in [2.75, 3.05) is 0 Å². The van der Waals surface area contributed by atoms with Crippen molar-refractivity contribution in [3.63, 3.8) is 0 Å². The molecule has 0 amide bonds. The highest BCUT2D eigenvalue weighted by molar-refractivity contribution is 7.25. The van der Waals surface area contributed by atoms with Gasteiger partial charge in [0.25, 0.3) is 0 Å². The smallest absolute Gasteiger partial charge is 0.232 e. The van der Waals surface area contributed by atoms with Crippen LogP contribution in [0.4, 0.5) is 8.78 Å². The third-order valence-corrected chi connectivity index (χ3v) is 6.45. The van der Waals surface area contributed by atoms with Crippen molar-refractivity contribution in [3.05, 3.63) is 71.6 Å². The molecule has 0 saturated heterocycles. The van der Waals surface area contributed by atoms with Crippen LogP contribution in [-0.2, 0) is 0 Å². The first-order valence-electron chi connectivity index (χ1n) is 7.69. The summed E-state index contributed by atoms with van der Waals surface area (Å²) in [4.78, 5) is 23.1. The maximum absolute atomic E-state index is 13.1. The van der Waals surface area contributed by atoms with Crippen molar-refractivity contribution < 1.29 is 13.6 Å². The van der Waals surface area contributed by atoms with Crippen molar-refractivity contribution >= 4 is 28.5 Å². The van der Waals surface area contributed by atoms with Crippen molar-refractivity contribution in [2.45, 2.75) is 0 Å². The molecular formula is C19H8F2N2OS2. The van der Waals surface area contributed by atoms with Gasteiger partial charge in [-0.15, -0.1) is 22.7 Å². The van der Waals surface area contributed by atoms with Gasteiger partial charge < -0.3 is 0 Å². The van der Waals surface area contributed by atoms with Crippen LogP contribution in [0.2, 0.25) is 0 Å². The van der Waals surface area contributed by atoms with Crippen LogP contribution in [0.3, 0.4) is 0 Å². The van der Waals surface area contributed by atoms with E-state index in [0.717, 1.165) is 20.9 Å². The van der Waals surface area contributed by atoms with Gasteiger partial charge in [-0.05, 0) is 48.5 Å². The van der Waals surface area contributed by atoms with E-state index < -0.39 is 0 Å². The zero-order valence-corrected chi connectivity index (χ0v) is 14.6. The summed E-state index contributed by atoms with van der Waals surface area (Å²) in [5.41, 5.74) is 2.33. The van der Waals surface area contributed by atoms with E-state index in [1.54, 1.807) is 24.3 Å². The number of benzene rings is 2. The van der Waals surface area contributed by atoms with Crippen LogP contribution < -0.4 is 0 Å². The second-order valence-corrected chi connectivity index (χ2v) is 7.73. The molecule has 7 heteroatoms. The molecular weight excluding hydrogens is 374 g/mol. The molecule has 5 rings (SSSR count). The number of hydrogen-bond donors (Lipinski definition) is 0. The fraction of sp³-hybridized carbons (Fsp3) is 0. The number of thiazole rings is 2. The van der Waals surface area contributed by atoms with E-state index >= 15 is 0 Å². The summed E-state index contributed by atoms with van der Waals surface area (Å²) in [6.45, 7) is 0. The summed E-state index contributed by atoms with van der Waals surface area (Å²) >= 11 is 2.79. The molecule has 126 valence electrons. The fourth-order valence-electron chi connectivity index (χ4n) is 2.80. The van der Waals surface area contributed by atoms with Crippen LogP contribution in [0.25, 0.3) is 30.9 Å². The fourth-order valence-corrected chi connectivity index (χ4v) is 5.07. The van der Waals surface area contributed by atoms with E-state index in [9.17, 15) is 13.6 Å². The zero-order chi connectivity index (χ0) is 17.8. The molecule has 1 aliphatic carbocycles. The number of rotatable bonds is 2. The lowest BCUT2D eigenvalue weighted by atomic mass is 10.2. The molecule has 4 aromatic rings. The zero-order valence-electron chi connectivity index (χ0n) is 13.0. The lowest BCUT2D eigenvalue weighted by Crippen LogP contribution is -1.98. The molecule has 0 spiro atoms. The Balaban J connectivity index is 1.59. The predicted molar refractivity (Wildman–Crippen MR) is 97.4 cm³/mol. The topological polar surface area (TPSA) is 42.9 Å². The summed E-state index contributed by atoms with van der Waals surface area (Å²) in [5, 5.41) is 1.34. The van der Waals surface area contributed by atoms with Crippen molar-refractivity contribution in [1.82, 2.24) is 9.97 Å². The molecule has 2 aromatic carbocycles. The van der Waals surface area contributed by atoms with Gasteiger partial charge in [-0.1, -0.05) is 0 Å². The monoisotopic (exact) mass is 382 g/mol. The third-order valence-electron chi connectivity index (χ3n) is 4.07. The quantitative estimate of drug-likeness (QED) is 0.409. The minimum Gasteiger partial charge on any atom is -0.285 e. The molecule has 0 aliphatic heterocycles. The lowest BCUT2D eigenvalue weighted by molar-refractivity contribution is 0.103. The standard InChI is InChI=1S/C19H8F2N2OS2/c20-11-5-1-9(2-6-11)18-22-13-15(24)14-17(16(13)25-18)26-19(23-14)10-3-7-12(21)8-4-10/h1-8H. The second kappa shape index (κ2) is 5.62. The van der Waals surface area contributed by atoms with Gasteiger partial charge in [0, 0.05) is 11.1 Å². The van der Waals surface area contributed by atoms with E-state index in [1.807, 2.05) is 0 Å².